The summed E-state index contributed by atoms with van der Waals surface area (Å²) >= 11 is 0. The number of nitrogens with zero attached hydrogens (tertiary/aromatic N) is 1. The van der Waals surface area contributed by atoms with Gasteiger partial charge in [-0.3, -0.25) is 19.8 Å². The van der Waals surface area contributed by atoms with Gasteiger partial charge in [0.15, 0.2) is 0 Å². The number of hydrogen-bond donors (Lipinski definition) is 1. The summed E-state index contributed by atoms with van der Waals surface area (Å²) in [4.78, 5) is 37.7. The molecule has 1 aromatic rings. The average molecular weight is 348 g/mol. The molecule has 1 N–H and O–H groups in total. The van der Waals surface area contributed by atoms with E-state index in [2.05, 4.69) is 5.32 Å². The van der Waals surface area contributed by atoms with E-state index in [1.807, 2.05) is 0 Å². The number of anilines is 1. The number of benzene rings is 1. The summed E-state index contributed by atoms with van der Waals surface area (Å²) in [5, 5.41) is 2.28. The number of fused-ring (bicyclic) bond motifs is 5. The van der Waals surface area contributed by atoms with Crippen LogP contribution in [0.1, 0.15) is 12.8 Å². The number of hydrogen-bond acceptors (Lipinski definition) is 5. The molecule has 7 nitrogen and oxygen atoms in total. The Morgan fingerprint density at radius 1 is 1.20 bits per heavy atom. The molecule has 25 heavy (non-hydrogen) atoms. The summed E-state index contributed by atoms with van der Waals surface area (Å²) in [5.41, 5.74) is 0.00378. The van der Waals surface area contributed by atoms with Crippen LogP contribution < -0.4 is 5.32 Å². The van der Waals surface area contributed by atoms with Gasteiger partial charge < -0.3 is 9.47 Å². The molecule has 2 bridgehead atoms. The molecule has 132 valence electrons. The van der Waals surface area contributed by atoms with Gasteiger partial charge in [0.25, 0.3) is 0 Å². The Bertz CT molecular complexity index is 712. The van der Waals surface area contributed by atoms with Crippen molar-refractivity contribution < 1.29 is 28.2 Å². The number of likely N-dealkylation sites (tertiary alicyclic amines) is 1. The maximum atomic E-state index is 13.5. The summed E-state index contributed by atoms with van der Waals surface area (Å²) in [7, 11) is 0. The lowest BCUT2D eigenvalue weighted by atomic mass is 9.81. The monoisotopic (exact) mass is 348 g/mol. The van der Waals surface area contributed by atoms with Crippen molar-refractivity contribution in [2.45, 2.75) is 25.0 Å². The first-order chi connectivity index (χ1) is 12.1. The van der Waals surface area contributed by atoms with E-state index in [-0.39, 0.29) is 42.9 Å². The summed E-state index contributed by atoms with van der Waals surface area (Å²) in [5.74, 6) is -1.86. The summed E-state index contributed by atoms with van der Waals surface area (Å²) in [6.07, 6.45) is 0.441. The van der Waals surface area contributed by atoms with E-state index in [1.165, 1.54) is 18.2 Å². The van der Waals surface area contributed by atoms with Crippen molar-refractivity contribution in [2.24, 2.45) is 11.8 Å². The third-order valence-corrected chi connectivity index (χ3v) is 5.03. The van der Waals surface area contributed by atoms with Gasteiger partial charge >= 0.3 is 6.09 Å². The minimum atomic E-state index is -0.840. The first-order valence-electron chi connectivity index (χ1n) is 8.25. The number of imide groups is 1. The first kappa shape index (κ1) is 16.0. The molecule has 8 heteroatoms. The molecule has 3 aliphatic heterocycles. The first-order valence-corrected chi connectivity index (χ1v) is 8.25. The van der Waals surface area contributed by atoms with Crippen LogP contribution in [0.15, 0.2) is 24.3 Å². The van der Waals surface area contributed by atoms with E-state index in [9.17, 15) is 18.8 Å². The fourth-order valence-corrected chi connectivity index (χ4v) is 3.93. The van der Waals surface area contributed by atoms with Crippen LogP contribution in [-0.4, -0.2) is 48.2 Å². The zero-order valence-corrected chi connectivity index (χ0v) is 13.3. The molecule has 0 radical (unpaired) electrons. The lowest BCUT2D eigenvalue weighted by Gasteiger charge is -2.17. The molecular formula is C17H17FN2O5. The molecule has 0 saturated carbocycles. The van der Waals surface area contributed by atoms with Gasteiger partial charge in [0.2, 0.25) is 11.8 Å². The molecular weight excluding hydrogens is 331 g/mol. The highest BCUT2D eigenvalue weighted by Crippen LogP contribution is 2.48. The Kier molecular flexibility index (Phi) is 3.91. The van der Waals surface area contributed by atoms with Crippen molar-refractivity contribution >= 4 is 23.6 Å². The van der Waals surface area contributed by atoms with Crippen LogP contribution in [0.25, 0.3) is 0 Å². The van der Waals surface area contributed by atoms with Crippen molar-refractivity contribution in [3.8, 4) is 0 Å². The van der Waals surface area contributed by atoms with Gasteiger partial charge in [-0.2, -0.15) is 0 Å². The van der Waals surface area contributed by atoms with Gasteiger partial charge in [-0.05, 0) is 25.0 Å². The van der Waals surface area contributed by atoms with Crippen LogP contribution in [-0.2, 0) is 19.1 Å². The highest BCUT2D eigenvalue weighted by atomic mass is 19.1. The van der Waals surface area contributed by atoms with Crippen molar-refractivity contribution in [3.05, 3.63) is 30.1 Å². The molecule has 3 heterocycles. The number of para-hydroxylation sites is 1. The number of carbonyl (C=O) groups excluding carboxylic acids is 3. The second kappa shape index (κ2) is 6.11. The topological polar surface area (TPSA) is 84.9 Å². The van der Waals surface area contributed by atoms with Gasteiger partial charge in [-0.15, -0.1) is 0 Å². The average Bonchev–Trinajstić information content (AvgIpc) is 3.26. The van der Waals surface area contributed by atoms with Gasteiger partial charge in [-0.1, -0.05) is 12.1 Å². The molecule has 1 aromatic carbocycles. The second-order valence-electron chi connectivity index (χ2n) is 6.41. The van der Waals surface area contributed by atoms with Gasteiger partial charge in [-0.25, -0.2) is 9.18 Å². The largest absolute Gasteiger partial charge is 0.447 e. The van der Waals surface area contributed by atoms with Crippen molar-refractivity contribution in [2.75, 3.05) is 18.5 Å². The lowest BCUT2D eigenvalue weighted by molar-refractivity contribution is -0.143. The fourth-order valence-electron chi connectivity index (χ4n) is 3.93. The lowest BCUT2D eigenvalue weighted by Crippen LogP contribution is -2.37. The van der Waals surface area contributed by atoms with Gasteiger partial charge in [0, 0.05) is 0 Å². The van der Waals surface area contributed by atoms with Gasteiger partial charge in [0.05, 0.1) is 36.3 Å². The maximum absolute atomic E-state index is 13.5. The van der Waals surface area contributed by atoms with Crippen LogP contribution in [0.3, 0.4) is 0 Å². The summed E-state index contributed by atoms with van der Waals surface area (Å²) in [6.45, 7) is -0.151. The molecule has 4 rings (SSSR count). The Morgan fingerprint density at radius 3 is 2.48 bits per heavy atom. The van der Waals surface area contributed by atoms with E-state index in [0.717, 1.165) is 17.7 Å². The normalized spacial score (nSPS) is 29.9. The van der Waals surface area contributed by atoms with E-state index >= 15 is 0 Å². The van der Waals surface area contributed by atoms with E-state index in [1.54, 1.807) is 6.07 Å². The molecule has 3 saturated heterocycles. The molecule has 0 aliphatic carbocycles. The highest BCUT2D eigenvalue weighted by molar-refractivity contribution is 6.06. The van der Waals surface area contributed by atoms with Crippen LogP contribution in [0.5, 0.6) is 0 Å². The molecule has 3 fully saturated rings. The third kappa shape index (κ3) is 2.66. The number of carbonyl (C=O) groups is 3. The molecule has 4 unspecified atom stereocenters. The third-order valence-electron chi connectivity index (χ3n) is 5.03. The molecule has 0 spiro atoms. The number of amides is 3. The highest BCUT2D eigenvalue weighted by Gasteiger charge is 2.62. The molecule has 3 amide bonds. The summed E-state index contributed by atoms with van der Waals surface area (Å²) < 4.78 is 24.1. The number of nitrogens with one attached hydrogen (secondary N) is 1. The SMILES string of the molecule is O=C(Nc1ccccc1F)OCCN1C(=O)C2C3CCC(O3)C2C1=O. The Hall–Kier alpha value is -2.48. The minimum absolute atomic E-state index is 0.00378. The standard InChI is InChI=1S/C17H17FN2O5/c18-9-3-1-2-4-10(9)19-17(23)24-8-7-20-15(21)13-11-5-6-12(25-11)14(13)16(20)22/h1-4,11-14H,5-8H2,(H,19,23). The zero-order valence-electron chi connectivity index (χ0n) is 13.3. The van der Waals surface area contributed by atoms with Crippen molar-refractivity contribution in [1.29, 1.82) is 0 Å². The van der Waals surface area contributed by atoms with E-state index in [4.69, 9.17) is 9.47 Å². The Balaban J connectivity index is 1.30. The zero-order chi connectivity index (χ0) is 17.6. The Labute approximate surface area is 143 Å². The molecule has 3 aliphatic rings. The Morgan fingerprint density at radius 2 is 1.84 bits per heavy atom. The molecule has 0 aromatic heterocycles. The fraction of sp³-hybridized carbons (Fsp3) is 0.471. The second-order valence-corrected chi connectivity index (χ2v) is 6.41. The van der Waals surface area contributed by atoms with Crippen LogP contribution in [0, 0.1) is 17.7 Å². The van der Waals surface area contributed by atoms with E-state index < -0.39 is 23.7 Å². The number of halogens is 1. The predicted octanol–water partition coefficient (Wildman–Crippen LogP) is 1.54. The number of rotatable bonds is 4. The van der Waals surface area contributed by atoms with Crippen molar-refractivity contribution in [3.63, 3.8) is 0 Å². The van der Waals surface area contributed by atoms with Crippen LogP contribution in [0.2, 0.25) is 0 Å². The smallest absolute Gasteiger partial charge is 0.411 e. The summed E-state index contributed by atoms with van der Waals surface area (Å²) in [6, 6.07) is 5.70. The van der Waals surface area contributed by atoms with E-state index in [0.29, 0.717) is 0 Å². The van der Waals surface area contributed by atoms with Crippen LogP contribution >= 0.6 is 0 Å². The number of ether oxygens (including phenoxy) is 2. The van der Waals surface area contributed by atoms with Crippen LogP contribution in [0.4, 0.5) is 14.9 Å². The van der Waals surface area contributed by atoms with Crippen molar-refractivity contribution in [1.82, 2.24) is 4.90 Å². The van der Waals surface area contributed by atoms with Gasteiger partial charge in [0.1, 0.15) is 12.4 Å². The quantitative estimate of drug-likeness (QED) is 0.835. The predicted molar refractivity (Wildman–Crippen MR) is 83.0 cm³/mol. The minimum Gasteiger partial charge on any atom is -0.447 e. The maximum Gasteiger partial charge on any atom is 0.411 e. The molecule has 4 atom stereocenters.